The molecule has 0 bridgehead atoms. The molecule has 1 aliphatic heterocycles. The SMILES string of the molecule is CC1=C(C(=O)Nc2cccc(F)c2)[C@@H](c2ccccn2)[C@@H]2C(=O)C[C@@H](c3ccccc3)CC2=N1. The average Bonchev–Trinajstić information content (AvgIpc) is 2.84. The number of ketones is 1. The standard InChI is InChI=1S/C28H24FN3O2/c1-17-25(28(34)32-21-11-7-10-20(29)16-21)27(22-12-5-6-13-30-22)26-23(31-17)14-19(15-24(26)33)18-8-3-2-4-9-18/h2-13,16,19,26-27H,14-15H2,1H3,(H,32,34)/t19-,26-,27+/m0/s1. The van der Waals surface area contributed by atoms with Crippen molar-refractivity contribution in [2.75, 3.05) is 5.32 Å². The number of hydrogen-bond donors (Lipinski definition) is 1. The lowest BCUT2D eigenvalue weighted by Crippen LogP contribution is -2.42. The molecule has 34 heavy (non-hydrogen) atoms. The molecule has 3 aromatic rings. The van der Waals surface area contributed by atoms with E-state index in [9.17, 15) is 14.0 Å². The largest absolute Gasteiger partial charge is 0.322 e. The lowest BCUT2D eigenvalue weighted by molar-refractivity contribution is -0.122. The number of hydrogen-bond acceptors (Lipinski definition) is 4. The number of carbonyl (C=O) groups excluding carboxylic acids is 2. The number of nitrogens with zero attached hydrogens (tertiary/aromatic N) is 2. The van der Waals surface area contributed by atoms with Crippen molar-refractivity contribution >= 4 is 23.1 Å². The number of anilines is 1. The molecule has 3 atom stereocenters. The quantitative estimate of drug-likeness (QED) is 0.572. The maximum Gasteiger partial charge on any atom is 0.254 e. The van der Waals surface area contributed by atoms with Crippen molar-refractivity contribution < 1.29 is 14.0 Å². The van der Waals surface area contributed by atoms with E-state index in [1.54, 1.807) is 25.3 Å². The number of aromatic nitrogens is 1. The molecule has 1 aromatic heterocycles. The number of rotatable bonds is 4. The van der Waals surface area contributed by atoms with E-state index in [1.807, 2.05) is 42.5 Å². The summed E-state index contributed by atoms with van der Waals surface area (Å²) in [5, 5.41) is 2.78. The van der Waals surface area contributed by atoms with E-state index >= 15 is 0 Å². The van der Waals surface area contributed by atoms with Gasteiger partial charge in [0, 0.05) is 46.9 Å². The van der Waals surface area contributed by atoms with Gasteiger partial charge in [-0.05, 0) is 55.2 Å². The Labute approximate surface area is 197 Å². The van der Waals surface area contributed by atoms with E-state index in [4.69, 9.17) is 4.99 Å². The van der Waals surface area contributed by atoms with E-state index in [-0.39, 0.29) is 11.7 Å². The minimum absolute atomic E-state index is 0.0538. The van der Waals surface area contributed by atoms with Crippen LogP contribution in [0.15, 0.2) is 95.3 Å². The Bertz CT molecular complexity index is 1300. The Morgan fingerprint density at radius 1 is 0.971 bits per heavy atom. The second-order valence-electron chi connectivity index (χ2n) is 8.76. The number of Topliss-reactive ketones (excluding diaryl/α,β-unsaturated/α-hetero) is 1. The van der Waals surface area contributed by atoms with Gasteiger partial charge in [-0.3, -0.25) is 19.6 Å². The van der Waals surface area contributed by atoms with Gasteiger partial charge in [0.2, 0.25) is 0 Å². The highest BCUT2D eigenvalue weighted by molar-refractivity contribution is 6.14. The molecule has 0 radical (unpaired) electrons. The summed E-state index contributed by atoms with van der Waals surface area (Å²) < 4.78 is 13.7. The zero-order valence-corrected chi connectivity index (χ0v) is 18.7. The maximum absolute atomic E-state index is 13.7. The van der Waals surface area contributed by atoms with Crippen molar-refractivity contribution in [2.45, 2.75) is 31.6 Å². The number of aliphatic imine (C=N–C) groups is 1. The molecule has 5 nitrogen and oxygen atoms in total. The fourth-order valence-electron chi connectivity index (χ4n) is 5.08. The smallest absolute Gasteiger partial charge is 0.254 e. The predicted octanol–water partition coefficient (Wildman–Crippen LogP) is 5.43. The number of benzene rings is 2. The highest BCUT2D eigenvalue weighted by atomic mass is 19.1. The van der Waals surface area contributed by atoms with Crippen LogP contribution >= 0.6 is 0 Å². The number of allylic oxidation sites excluding steroid dienone is 1. The van der Waals surface area contributed by atoms with Gasteiger partial charge in [-0.25, -0.2) is 4.39 Å². The fraction of sp³-hybridized carbons (Fsp3) is 0.214. The van der Waals surface area contributed by atoms with Crippen LogP contribution in [-0.4, -0.2) is 22.4 Å². The number of amides is 1. The molecule has 2 aliphatic rings. The Morgan fingerprint density at radius 2 is 1.76 bits per heavy atom. The van der Waals surface area contributed by atoms with Crippen LogP contribution < -0.4 is 5.32 Å². The molecular weight excluding hydrogens is 429 g/mol. The summed E-state index contributed by atoms with van der Waals surface area (Å²) in [6.07, 6.45) is 2.70. The average molecular weight is 454 g/mol. The summed E-state index contributed by atoms with van der Waals surface area (Å²) >= 11 is 0. The summed E-state index contributed by atoms with van der Waals surface area (Å²) in [5.74, 6) is -1.83. The van der Waals surface area contributed by atoms with Crippen molar-refractivity contribution in [3.8, 4) is 0 Å². The third-order valence-corrected chi connectivity index (χ3v) is 6.56. The van der Waals surface area contributed by atoms with E-state index < -0.39 is 23.6 Å². The lowest BCUT2D eigenvalue weighted by Gasteiger charge is -2.38. The van der Waals surface area contributed by atoms with Gasteiger partial charge in [0.1, 0.15) is 11.6 Å². The number of nitrogens with one attached hydrogen (secondary N) is 1. The van der Waals surface area contributed by atoms with Crippen molar-refractivity contribution in [1.82, 2.24) is 4.98 Å². The summed E-state index contributed by atoms with van der Waals surface area (Å²) in [7, 11) is 0. The first-order valence-corrected chi connectivity index (χ1v) is 11.3. The van der Waals surface area contributed by atoms with Crippen molar-refractivity contribution in [2.24, 2.45) is 10.9 Å². The summed E-state index contributed by atoms with van der Waals surface area (Å²) in [4.78, 5) is 36.3. The Hall–Kier alpha value is -3.93. The van der Waals surface area contributed by atoms with Crippen LogP contribution in [0.1, 0.15) is 42.9 Å². The van der Waals surface area contributed by atoms with E-state index in [0.29, 0.717) is 35.5 Å². The summed E-state index contributed by atoms with van der Waals surface area (Å²) in [6, 6.07) is 21.2. The molecule has 1 N–H and O–H groups in total. The molecule has 1 amide bonds. The van der Waals surface area contributed by atoms with Crippen molar-refractivity contribution in [3.05, 3.63) is 107 Å². The Kier molecular flexibility index (Phi) is 5.88. The van der Waals surface area contributed by atoms with Crippen LogP contribution in [0.25, 0.3) is 0 Å². The molecule has 0 saturated heterocycles. The maximum atomic E-state index is 13.7. The third kappa shape index (κ3) is 4.19. The monoisotopic (exact) mass is 453 g/mol. The minimum Gasteiger partial charge on any atom is -0.322 e. The van der Waals surface area contributed by atoms with Gasteiger partial charge in [0.15, 0.2) is 0 Å². The molecule has 6 heteroatoms. The van der Waals surface area contributed by atoms with E-state index in [2.05, 4.69) is 10.3 Å². The first-order chi connectivity index (χ1) is 16.5. The molecule has 0 spiro atoms. The van der Waals surface area contributed by atoms with Gasteiger partial charge in [0.25, 0.3) is 5.91 Å². The van der Waals surface area contributed by atoms with E-state index in [0.717, 1.165) is 11.3 Å². The third-order valence-electron chi connectivity index (χ3n) is 6.56. The minimum atomic E-state index is -0.550. The molecular formula is C28H24FN3O2. The number of pyridine rings is 1. The topological polar surface area (TPSA) is 71.4 Å². The lowest BCUT2D eigenvalue weighted by atomic mass is 9.67. The van der Waals surface area contributed by atoms with Crippen molar-refractivity contribution in [1.29, 1.82) is 0 Å². The Morgan fingerprint density at radius 3 is 2.50 bits per heavy atom. The highest BCUT2D eigenvalue weighted by Gasteiger charge is 2.46. The number of carbonyl (C=O) groups is 2. The van der Waals surface area contributed by atoms with Crippen LogP contribution in [0, 0.1) is 11.7 Å². The first-order valence-electron chi connectivity index (χ1n) is 11.3. The van der Waals surface area contributed by atoms with Crippen molar-refractivity contribution in [3.63, 3.8) is 0 Å². The van der Waals surface area contributed by atoms with Crippen LogP contribution in [-0.2, 0) is 9.59 Å². The zero-order valence-electron chi connectivity index (χ0n) is 18.7. The van der Waals surface area contributed by atoms with Gasteiger partial charge in [-0.15, -0.1) is 0 Å². The first kappa shape index (κ1) is 21.9. The molecule has 5 rings (SSSR count). The van der Waals surface area contributed by atoms with Crippen LogP contribution in [0.5, 0.6) is 0 Å². The molecule has 0 unspecified atom stereocenters. The normalized spacial score (nSPS) is 22.1. The summed E-state index contributed by atoms with van der Waals surface area (Å²) in [5.41, 5.74) is 3.85. The molecule has 170 valence electrons. The number of halogens is 1. The highest BCUT2D eigenvalue weighted by Crippen LogP contribution is 2.45. The van der Waals surface area contributed by atoms with Crippen LogP contribution in [0.2, 0.25) is 0 Å². The van der Waals surface area contributed by atoms with Crippen LogP contribution in [0.3, 0.4) is 0 Å². The summed E-state index contributed by atoms with van der Waals surface area (Å²) in [6.45, 7) is 1.79. The molecule has 2 aromatic carbocycles. The van der Waals surface area contributed by atoms with Crippen LogP contribution in [0.4, 0.5) is 10.1 Å². The number of fused-ring (bicyclic) bond motifs is 1. The second kappa shape index (κ2) is 9.14. The second-order valence-corrected chi connectivity index (χ2v) is 8.76. The van der Waals surface area contributed by atoms with Gasteiger partial charge < -0.3 is 5.32 Å². The van der Waals surface area contributed by atoms with Gasteiger partial charge in [-0.1, -0.05) is 42.5 Å². The molecule has 1 saturated carbocycles. The predicted molar refractivity (Wildman–Crippen MR) is 129 cm³/mol. The Balaban J connectivity index is 1.56. The van der Waals surface area contributed by atoms with Gasteiger partial charge >= 0.3 is 0 Å². The molecule has 1 fully saturated rings. The fourth-order valence-corrected chi connectivity index (χ4v) is 5.08. The van der Waals surface area contributed by atoms with Gasteiger partial charge in [0.05, 0.1) is 5.92 Å². The molecule has 1 aliphatic carbocycles. The van der Waals surface area contributed by atoms with Gasteiger partial charge in [-0.2, -0.15) is 0 Å². The zero-order chi connectivity index (χ0) is 23.7. The van der Waals surface area contributed by atoms with E-state index in [1.165, 1.54) is 18.2 Å². The molecule has 2 heterocycles.